The third-order valence-electron chi connectivity index (χ3n) is 2.49. The van der Waals surface area contributed by atoms with E-state index in [1.54, 1.807) is 0 Å². The summed E-state index contributed by atoms with van der Waals surface area (Å²) in [5.74, 6) is -21.6. The highest BCUT2D eigenvalue weighted by molar-refractivity contribution is 5.14. The molecule has 0 heterocycles. The van der Waals surface area contributed by atoms with Gasteiger partial charge in [0.2, 0.25) is 0 Å². The van der Waals surface area contributed by atoms with Crippen LogP contribution in [0.15, 0.2) is 0 Å². The molecule has 22 heavy (non-hydrogen) atoms. The van der Waals surface area contributed by atoms with Crippen LogP contribution in [-0.4, -0.2) is 47.5 Å². The minimum absolute atomic E-state index is 1.99. The van der Waals surface area contributed by atoms with Crippen molar-refractivity contribution in [3.8, 4) is 0 Å². The van der Waals surface area contributed by atoms with Crippen LogP contribution in [0.2, 0.25) is 0 Å². The highest BCUT2D eigenvalue weighted by Crippen LogP contribution is 2.62. The Balaban J connectivity index is 6.38. The van der Waals surface area contributed by atoms with Gasteiger partial charge in [0.25, 0.3) is 0 Å². The van der Waals surface area contributed by atoms with Crippen molar-refractivity contribution in [1.29, 1.82) is 0 Å². The zero-order valence-corrected chi connectivity index (χ0v) is 9.77. The van der Waals surface area contributed by atoms with E-state index in [2.05, 4.69) is 0 Å². The van der Waals surface area contributed by atoms with E-state index in [4.69, 9.17) is 5.11 Å². The van der Waals surface area contributed by atoms with Crippen molar-refractivity contribution in [3.05, 3.63) is 0 Å². The molecular formula is C8H5F13O. The molecule has 0 saturated heterocycles. The van der Waals surface area contributed by atoms with Crippen molar-refractivity contribution in [3.63, 3.8) is 0 Å². The summed E-state index contributed by atoms with van der Waals surface area (Å²) in [6, 6.07) is 0. The normalized spacial score (nSPS) is 16.1. The summed E-state index contributed by atoms with van der Waals surface area (Å²) < 4.78 is 162. The summed E-state index contributed by atoms with van der Waals surface area (Å²) in [4.78, 5) is 0. The smallest absolute Gasteiger partial charge is 0.396 e. The van der Waals surface area contributed by atoms with Gasteiger partial charge in [0.15, 0.2) is 0 Å². The Bertz CT molecular complexity index is 378. The summed E-state index contributed by atoms with van der Waals surface area (Å²) in [6.07, 6.45) is -18.0. The summed E-state index contributed by atoms with van der Waals surface area (Å²) in [7, 11) is 0. The van der Waals surface area contributed by atoms with E-state index < -0.39 is 48.8 Å². The van der Waals surface area contributed by atoms with Crippen molar-refractivity contribution in [2.45, 2.75) is 42.2 Å². The maximum absolute atomic E-state index is 13.0. The summed E-state index contributed by atoms with van der Waals surface area (Å²) >= 11 is 0. The zero-order chi connectivity index (χ0) is 18.4. The molecule has 134 valence electrons. The van der Waals surface area contributed by atoms with Gasteiger partial charge in [-0.2, -0.15) is 52.7 Å². The van der Waals surface area contributed by atoms with Crippen molar-refractivity contribution >= 4 is 0 Å². The van der Waals surface area contributed by atoms with Crippen LogP contribution in [0.5, 0.6) is 0 Å². The highest BCUT2D eigenvalue weighted by Gasteiger charge is 2.93. The summed E-state index contributed by atoms with van der Waals surface area (Å²) in [5.41, 5.74) is -7.94. The molecule has 14 heteroatoms. The van der Waals surface area contributed by atoms with Crippen LogP contribution in [0.3, 0.4) is 0 Å². The second-order valence-electron chi connectivity index (χ2n) is 3.98. The van der Waals surface area contributed by atoms with E-state index in [0.717, 1.165) is 0 Å². The van der Waals surface area contributed by atoms with Gasteiger partial charge in [0.1, 0.15) is 0 Å². The minimum atomic E-state index is -7.94. The number of alkyl halides is 13. The first-order valence-electron chi connectivity index (χ1n) is 4.88. The fraction of sp³-hybridized carbons (Fsp3) is 1.00. The number of aliphatic hydroxyl groups is 1. The molecule has 0 spiro atoms. The monoisotopic (exact) mass is 364 g/mol. The Labute approximate surface area is 112 Å². The molecule has 0 rings (SSSR count). The Kier molecular flexibility index (Phi) is 5.07. The average Bonchev–Trinajstić information content (AvgIpc) is 2.23. The maximum atomic E-state index is 13.0. The lowest BCUT2D eigenvalue weighted by Gasteiger charge is -2.41. The fourth-order valence-electron chi connectivity index (χ4n) is 1.26. The fourth-order valence-corrected chi connectivity index (χ4v) is 1.26. The van der Waals surface area contributed by atoms with Crippen LogP contribution in [0.1, 0.15) is 6.42 Å². The number of aliphatic hydroxyl groups excluding tert-OH is 1. The number of rotatable bonds is 5. The van der Waals surface area contributed by atoms with Crippen LogP contribution in [-0.2, 0) is 0 Å². The predicted molar refractivity (Wildman–Crippen MR) is 42.5 cm³/mol. The average molecular weight is 364 g/mol. The molecule has 0 fully saturated rings. The molecule has 0 aromatic carbocycles. The number of halogens is 13. The van der Waals surface area contributed by atoms with Gasteiger partial charge >= 0.3 is 35.8 Å². The molecule has 0 bridgehead atoms. The van der Waals surface area contributed by atoms with Gasteiger partial charge in [-0.3, -0.25) is 0 Å². The van der Waals surface area contributed by atoms with Crippen LogP contribution >= 0.6 is 0 Å². The van der Waals surface area contributed by atoms with Crippen LogP contribution < -0.4 is 0 Å². The number of hydrogen-bond donors (Lipinski definition) is 1. The van der Waals surface area contributed by atoms with Gasteiger partial charge in [-0.1, -0.05) is 0 Å². The van der Waals surface area contributed by atoms with Gasteiger partial charge in [-0.05, 0) is 0 Å². The molecule has 1 N–H and O–H groups in total. The Morgan fingerprint density at radius 1 is 0.545 bits per heavy atom. The van der Waals surface area contributed by atoms with Gasteiger partial charge in [0.05, 0.1) is 0 Å². The first-order chi connectivity index (χ1) is 9.31. The molecule has 0 aliphatic rings. The molecule has 0 saturated carbocycles. The molecule has 0 amide bonds. The molecule has 0 atom stereocenters. The first-order valence-corrected chi connectivity index (χ1v) is 4.88. The van der Waals surface area contributed by atoms with E-state index in [0.29, 0.717) is 0 Å². The molecule has 1 nitrogen and oxygen atoms in total. The Morgan fingerprint density at radius 2 is 0.864 bits per heavy atom. The van der Waals surface area contributed by atoms with Gasteiger partial charge in [-0.15, -0.1) is 0 Å². The van der Waals surface area contributed by atoms with Crippen molar-refractivity contribution in [2.75, 3.05) is 6.61 Å². The van der Waals surface area contributed by atoms with Crippen molar-refractivity contribution in [1.82, 2.24) is 0 Å². The molecule has 0 aromatic rings. The molecular weight excluding hydrogens is 359 g/mol. The maximum Gasteiger partial charge on any atom is 0.438 e. The summed E-state index contributed by atoms with van der Waals surface area (Å²) in [5, 5.41) is 7.96. The van der Waals surface area contributed by atoms with E-state index in [9.17, 15) is 57.1 Å². The van der Waals surface area contributed by atoms with Gasteiger partial charge in [0, 0.05) is 13.0 Å². The SMILES string of the molecule is OCCC(F)(F)C(F)(F)C(F)(F)C(F)(C(F)(F)F)C(F)(F)F. The topological polar surface area (TPSA) is 20.2 Å². The largest absolute Gasteiger partial charge is 0.438 e. The number of hydrogen-bond acceptors (Lipinski definition) is 1. The van der Waals surface area contributed by atoms with Crippen molar-refractivity contribution < 1.29 is 62.2 Å². The van der Waals surface area contributed by atoms with E-state index in [1.807, 2.05) is 0 Å². The minimum Gasteiger partial charge on any atom is -0.396 e. The molecule has 0 aliphatic heterocycles. The summed E-state index contributed by atoms with van der Waals surface area (Å²) in [6.45, 7) is -1.99. The van der Waals surface area contributed by atoms with E-state index in [-0.39, 0.29) is 0 Å². The lowest BCUT2D eigenvalue weighted by Crippen LogP contribution is -2.73. The second-order valence-corrected chi connectivity index (χ2v) is 3.98. The van der Waals surface area contributed by atoms with Crippen LogP contribution in [0, 0.1) is 0 Å². The standard InChI is InChI=1S/C8H5F13O/c9-3(10,1-2-22)5(12,13)6(14,15)4(11,7(16,17)18)8(19,20)21/h22H,1-2H2. The Morgan fingerprint density at radius 3 is 1.09 bits per heavy atom. The lowest BCUT2D eigenvalue weighted by molar-refractivity contribution is -0.445. The molecule has 0 aliphatic carbocycles. The second kappa shape index (κ2) is 5.30. The van der Waals surface area contributed by atoms with Crippen LogP contribution in [0.4, 0.5) is 57.1 Å². The lowest BCUT2D eigenvalue weighted by atomic mass is 9.87. The van der Waals surface area contributed by atoms with Crippen LogP contribution in [0.25, 0.3) is 0 Å². The molecule has 0 unspecified atom stereocenters. The van der Waals surface area contributed by atoms with E-state index >= 15 is 0 Å². The molecule has 0 radical (unpaired) electrons. The van der Waals surface area contributed by atoms with E-state index in [1.165, 1.54) is 0 Å². The Hall–Kier alpha value is -0.950. The van der Waals surface area contributed by atoms with Crippen molar-refractivity contribution in [2.24, 2.45) is 0 Å². The van der Waals surface area contributed by atoms with Gasteiger partial charge < -0.3 is 5.11 Å². The highest BCUT2D eigenvalue weighted by atomic mass is 19.4. The van der Waals surface area contributed by atoms with Gasteiger partial charge in [-0.25, -0.2) is 4.39 Å². The third kappa shape index (κ3) is 2.69. The zero-order valence-electron chi connectivity index (χ0n) is 9.77. The quantitative estimate of drug-likeness (QED) is 0.729. The molecule has 0 aromatic heterocycles. The predicted octanol–water partition coefficient (Wildman–Crippen LogP) is 4.11. The first kappa shape index (κ1) is 21.0. The third-order valence-corrected chi connectivity index (χ3v) is 2.49.